The van der Waals surface area contributed by atoms with Gasteiger partial charge in [0, 0.05) is 5.69 Å². The zero-order valence-corrected chi connectivity index (χ0v) is 13.9. The lowest BCUT2D eigenvalue weighted by atomic mass is 10.1. The van der Waals surface area contributed by atoms with Gasteiger partial charge in [0.15, 0.2) is 0 Å². The average molecular weight is 401 g/mol. The van der Waals surface area contributed by atoms with Gasteiger partial charge in [-0.15, -0.1) is 11.3 Å². The molecule has 0 bridgehead atoms. The Balaban J connectivity index is 2.24. The van der Waals surface area contributed by atoms with Crippen molar-refractivity contribution in [2.24, 2.45) is 0 Å². The van der Waals surface area contributed by atoms with Gasteiger partial charge in [-0.1, -0.05) is 6.07 Å². The Labute approximate surface area is 134 Å². The van der Waals surface area contributed by atoms with Crippen LogP contribution in [0, 0.1) is 9.81 Å². The summed E-state index contributed by atoms with van der Waals surface area (Å²) in [5, 5.41) is 2.82. The molecule has 20 heavy (non-hydrogen) atoms. The third-order valence-electron chi connectivity index (χ3n) is 2.70. The number of aryl methyl sites for hydroxylation is 1. The topological polar surface area (TPSA) is 55.4 Å². The number of esters is 1. The maximum atomic E-state index is 12.1. The maximum Gasteiger partial charge on any atom is 0.337 e. The van der Waals surface area contributed by atoms with Gasteiger partial charge < -0.3 is 10.1 Å². The van der Waals surface area contributed by atoms with Crippen molar-refractivity contribution in [2.45, 2.75) is 6.92 Å². The fourth-order valence-electron chi connectivity index (χ4n) is 1.62. The monoisotopic (exact) mass is 401 g/mol. The van der Waals surface area contributed by atoms with Gasteiger partial charge in [-0.3, -0.25) is 4.79 Å². The van der Waals surface area contributed by atoms with Crippen LogP contribution in [0.25, 0.3) is 0 Å². The molecule has 0 saturated heterocycles. The van der Waals surface area contributed by atoms with Gasteiger partial charge >= 0.3 is 5.97 Å². The number of carbonyl (C=O) groups is 2. The Hall–Kier alpha value is -1.41. The van der Waals surface area contributed by atoms with Crippen LogP contribution in [0.15, 0.2) is 30.3 Å². The molecule has 4 nitrogen and oxygen atoms in total. The number of hydrogen-bond donors (Lipinski definition) is 1. The quantitative estimate of drug-likeness (QED) is 0.631. The highest BCUT2D eigenvalue weighted by Gasteiger charge is 2.12. The lowest BCUT2D eigenvalue weighted by Gasteiger charge is -2.09. The van der Waals surface area contributed by atoms with Crippen LogP contribution < -0.4 is 5.32 Å². The second kappa shape index (κ2) is 6.36. The van der Waals surface area contributed by atoms with Gasteiger partial charge in [-0.25, -0.2) is 4.79 Å². The standard InChI is InChI=1S/C14H12INO3S/c1-8-3-4-9(14(18)19-2)7-10(8)16-13(17)11-5-6-12(15)20-11/h3-7H,1-2H3,(H,16,17). The smallest absolute Gasteiger partial charge is 0.337 e. The Morgan fingerprint density at radius 3 is 2.60 bits per heavy atom. The molecule has 1 amide bonds. The zero-order valence-electron chi connectivity index (χ0n) is 10.9. The van der Waals surface area contributed by atoms with Crippen LogP contribution in [0.1, 0.15) is 25.6 Å². The Morgan fingerprint density at radius 1 is 1.25 bits per heavy atom. The molecule has 0 radical (unpaired) electrons. The second-order valence-electron chi connectivity index (χ2n) is 4.08. The molecule has 2 rings (SSSR count). The number of methoxy groups -OCH3 is 1. The lowest BCUT2D eigenvalue weighted by molar-refractivity contribution is 0.0600. The van der Waals surface area contributed by atoms with Crippen molar-refractivity contribution in [1.29, 1.82) is 0 Å². The highest BCUT2D eigenvalue weighted by atomic mass is 127. The fourth-order valence-corrected chi connectivity index (χ4v) is 3.14. The molecule has 0 saturated carbocycles. The minimum Gasteiger partial charge on any atom is -0.465 e. The molecule has 0 aliphatic carbocycles. The van der Waals surface area contributed by atoms with E-state index in [4.69, 9.17) is 0 Å². The highest BCUT2D eigenvalue weighted by molar-refractivity contribution is 14.1. The van der Waals surface area contributed by atoms with Gasteiger partial charge in [-0.05, 0) is 59.3 Å². The number of nitrogens with one attached hydrogen (secondary N) is 1. The third-order valence-corrected chi connectivity index (χ3v) is 4.60. The normalized spacial score (nSPS) is 10.2. The van der Waals surface area contributed by atoms with Crippen molar-refractivity contribution in [2.75, 3.05) is 12.4 Å². The molecule has 1 heterocycles. The van der Waals surface area contributed by atoms with E-state index in [1.54, 1.807) is 24.3 Å². The van der Waals surface area contributed by atoms with E-state index in [2.05, 4.69) is 32.6 Å². The number of thiophene rings is 1. The van der Waals surface area contributed by atoms with Crippen LogP contribution in [0.5, 0.6) is 0 Å². The van der Waals surface area contributed by atoms with Crippen molar-refractivity contribution in [3.05, 3.63) is 49.2 Å². The molecule has 0 unspecified atom stereocenters. The van der Waals surface area contributed by atoms with Gasteiger partial charge in [0.1, 0.15) is 0 Å². The first kappa shape index (κ1) is 15.0. The molecule has 1 N–H and O–H groups in total. The lowest BCUT2D eigenvalue weighted by Crippen LogP contribution is -2.12. The number of ether oxygens (including phenoxy) is 1. The SMILES string of the molecule is COC(=O)c1ccc(C)c(NC(=O)c2ccc(I)s2)c1. The van der Waals surface area contributed by atoms with Crippen molar-refractivity contribution in [1.82, 2.24) is 0 Å². The van der Waals surface area contributed by atoms with E-state index in [0.717, 1.165) is 8.45 Å². The minimum absolute atomic E-state index is 0.178. The molecule has 0 spiro atoms. The first-order valence-electron chi connectivity index (χ1n) is 5.77. The number of rotatable bonds is 3. The third kappa shape index (κ3) is 3.37. The summed E-state index contributed by atoms with van der Waals surface area (Å²) in [5.41, 5.74) is 1.91. The van der Waals surface area contributed by atoms with E-state index in [9.17, 15) is 9.59 Å². The molecule has 2 aromatic rings. The molecular formula is C14H12INO3S. The Bertz CT molecular complexity index is 666. The molecule has 6 heteroatoms. The predicted octanol–water partition coefficient (Wildman–Crippen LogP) is 3.70. The first-order valence-corrected chi connectivity index (χ1v) is 7.66. The van der Waals surface area contributed by atoms with Gasteiger partial charge in [-0.2, -0.15) is 0 Å². The first-order chi connectivity index (χ1) is 9.51. The van der Waals surface area contributed by atoms with Crippen LogP contribution in [-0.4, -0.2) is 19.0 Å². The number of hydrogen-bond acceptors (Lipinski definition) is 4. The summed E-state index contributed by atoms with van der Waals surface area (Å²) in [6.45, 7) is 1.87. The van der Waals surface area contributed by atoms with Crippen molar-refractivity contribution < 1.29 is 14.3 Å². The minimum atomic E-state index is -0.425. The average Bonchev–Trinajstić information content (AvgIpc) is 2.87. The van der Waals surface area contributed by atoms with Crippen LogP contribution in [0.3, 0.4) is 0 Å². The summed E-state index contributed by atoms with van der Waals surface area (Å²) in [5.74, 6) is -0.603. The van der Waals surface area contributed by atoms with E-state index in [0.29, 0.717) is 16.1 Å². The molecule has 0 aliphatic rings. The molecule has 1 aromatic heterocycles. The number of benzene rings is 1. The van der Waals surface area contributed by atoms with E-state index in [1.807, 2.05) is 13.0 Å². The summed E-state index contributed by atoms with van der Waals surface area (Å²) in [6.07, 6.45) is 0. The van der Waals surface area contributed by atoms with E-state index in [1.165, 1.54) is 18.4 Å². The number of carbonyl (C=O) groups excluding carboxylic acids is 2. The second-order valence-corrected chi connectivity index (χ2v) is 7.06. The highest BCUT2D eigenvalue weighted by Crippen LogP contribution is 2.22. The van der Waals surface area contributed by atoms with Crippen LogP contribution in [0.4, 0.5) is 5.69 Å². The van der Waals surface area contributed by atoms with E-state index < -0.39 is 5.97 Å². The van der Waals surface area contributed by atoms with E-state index in [-0.39, 0.29) is 5.91 Å². The largest absolute Gasteiger partial charge is 0.465 e. The maximum absolute atomic E-state index is 12.1. The van der Waals surface area contributed by atoms with Crippen molar-refractivity contribution in [3.63, 3.8) is 0 Å². The van der Waals surface area contributed by atoms with Crippen LogP contribution >= 0.6 is 33.9 Å². The van der Waals surface area contributed by atoms with Gasteiger partial charge in [0.25, 0.3) is 5.91 Å². The Kier molecular flexibility index (Phi) is 4.77. The molecule has 104 valence electrons. The molecule has 0 aliphatic heterocycles. The number of amides is 1. The summed E-state index contributed by atoms with van der Waals surface area (Å²) in [4.78, 5) is 24.2. The predicted molar refractivity (Wildman–Crippen MR) is 87.5 cm³/mol. The molecule has 1 aromatic carbocycles. The zero-order chi connectivity index (χ0) is 14.7. The van der Waals surface area contributed by atoms with E-state index >= 15 is 0 Å². The Morgan fingerprint density at radius 2 is 2.00 bits per heavy atom. The summed E-state index contributed by atoms with van der Waals surface area (Å²) in [6, 6.07) is 8.74. The summed E-state index contributed by atoms with van der Waals surface area (Å²) < 4.78 is 5.72. The fraction of sp³-hybridized carbons (Fsp3) is 0.143. The summed E-state index contributed by atoms with van der Waals surface area (Å²) >= 11 is 3.59. The molecule has 0 atom stereocenters. The molecule has 0 fully saturated rings. The van der Waals surface area contributed by atoms with Crippen LogP contribution in [-0.2, 0) is 4.74 Å². The van der Waals surface area contributed by atoms with Gasteiger partial charge in [0.05, 0.1) is 20.4 Å². The van der Waals surface area contributed by atoms with Crippen molar-refractivity contribution in [3.8, 4) is 0 Å². The van der Waals surface area contributed by atoms with Crippen molar-refractivity contribution >= 4 is 51.5 Å². The van der Waals surface area contributed by atoms with Gasteiger partial charge in [0.2, 0.25) is 0 Å². The summed E-state index contributed by atoms with van der Waals surface area (Å²) in [7, 11) is 1.33. The molecular weight excluding hydrogens is 389 g/mol. The number of anilines is 1. The number of halogens is 1. The van der Waals surface area contributed by atoms with Crippen LogP contribution in [0.2, 0.25) is 0 Å².